The van der Waals surface area contributed by atoms with Crippen LogP contribution in [0.4, 0.5) is 10.5 Å². The molecule has 0 aliphatic heterocycles. The lowest BCUT2D eigenvalue weighted by atomic mass is 10.2. The van der Waals surface area contributed by atoms with E-state index in [4.69, 9.17) is 10.00 Å². The Morgan fingerprint density at radius 3 is 2.45 bits per heavy atom. The van der Waals surface area contributed by atoms with Crippen LogP contribution in [-0.4, -0.2) is 30.0 Å². The van der Waals surface area contributed by atoms with E-state index >= 15 is 0 Å². The fourth-order valence-corrected chi connectivity index (χ4v) is 2.12. The van der Waals surface area contributed by atoms with Crippen molar-refractivity contribution in [2.75, 3.05) is 18.6 Å². The van der Waals surface area contributed by atoms with Gasteiger partial charge in [0.1, 0.15) is 24.2 Å². The van der Waals surface area contributed by atoms with E-state index in [0.717, 1.165) is 0 Å². The summed E-state index contributed by atoms with van der Waals surface area (Å²) in [5.74, 6) is 0. The maximum Gasteiger partial charge on any atom is 0.412 e. The first-order valence-electron chi connectivity index (χ1n) is 5.99. The fourth-order valence-electron chi connectivity index (χ4n) is 1.35. The first-order valence-corrected chi connectivity index (χ1v) is 8.60. The number of nitrogens with zero attached hydrogens (tertiary/aromatic N) is 2. The molecule has 0 bridgehead atoms. The van der Waals surface area contributed by atoms with Gasteiger partial charge in [0.25, 0.3) is 0 Å². The highest BCUT2D eigenvalue weighted by Crippen LogP contribution is 2.34. The first-order chi connectivity index (χ1) is 9.03. The molecule has 108 valence electrons. The van der Waals surface area contributed by atoms with Gasteiger partial charge in [0, 0.05) is 0 Å². The Morgan fingerprint density at radius 1 is 1.40 bits per heavy atom. The fraction of sp³-hybridized carbons (Fsp3) is 0.462. The molecule has 0 atom stereocenters. The number of hydrogen-bond acceptors (Lipinski definition) is 5. The van der Waals surface area contributed by atoms with Crippen LogP contribution in [0.2, 0.25) is 0 Å². The third-order valence-electron chi connectivity index (χ3n) is 2.17. The summed E-state index contributed by atoms with van der Waals surface area (Å²) in [5, 5.41) is 11.5. The van der Waals surface area contributed by atoms with Crippen molar-refractivity contribution in [3.8, 4) is 6.07 Å². The largest absolute Gasteiger partial charge is 0.444 e. The minimum atomic E-state index is -2.55. The standard InChI is InChI=1S/C13H18N3O3P/c1-13(2,3)19-12(17)16-9-6-7-11(20(4,5)18)15-10(9)8-14/h6-7H,1-5H3,(H,16,17). The molecule has 7 heteroatoms. The Hall–Kier alpha value is -1.86. The second kappa shape index (κ2) is 5.64. The van der Waals surface area contributed by atoms with Gasteiger partial charge in [0.15, 0.2) is 5.69 Å². The highest BCUT2D eigenvalue weighted by Gasteiger charge is 2.19. The minimum Gasteiger partial charge on any atom is -0.444 e. The number of hydrogen-bond donors (Lipinski definition) is 1. The number of carbonyl (C=O) groups excluding carboxylic acids is 1. The average Bonchev–Trinajstić information content (AvgIpc) is 2.25. The maximum absolute atomic E-state index is 11.9. The Balaban J connectivity index is 3.01. The number of nitriles is 1. The summed E-state index contributed by atoms with van der Waals surface area (Å²) in [6.07, 6.45) is -0.667. The maximum atomic E-state index is 11.9. The number of rotatable bonds is 2. The molecule has 0 spiro atoms. The zero-order valence-electron chi connectivity index (χ0n) is 12.2. The van der Waals surface area contributed by atoms with E-state index in [-0.39, 0.29) is 11.4 Å². The van der Waals surface area contributed by atoms with E-state index in [1.165, 1.54) is 12.1 Å². The topological polar surface area (TPSA) is 92.1 Å². The molecule has 0 radical (unpaired) electrons. The molecule has 1 amide bonds. The number of nitrogens with one attached hydrogen (secondary N) is 1. The van der Waals surface area contributed by atoms with Gasteiger partial charge in [-0.15, -0.1) is 0 Å². The third kappa shape index (κ3) is 4.67. The Kier molecular flexibility index (Phi) is 4.57. The molecule has 0 saturated heterocycles. The van der Waals surface area contributed by atoms with Crippen LogP contribution in [0.3, 0.4) is 0 Å². The van der Waals surface area contributed by atoms with E-state index in [2.05, 4.69) is 10.3 Å². The predicted molar refractivity (Wildman–Crippen MR) is 77.9 cm³/mol. The molecular formula is C13H18N3O3P. The molecule has 0 saturated carbocycles. The van der Waals surface area contributed by atoms with Gasteiger partial charge >= 0.3 is 6.09 Å². The number of carbonyl (C=O) groups is 1. The monoisotopic (exact) mass is 295 g/mol. The number of pyridine rings is 1. The summed E-state index contributed by atoms with van der Waals surface area (Å²) in [5.41, 5.74) is -0.0349. The Bertz CT molecular complexity index is 608. The van der Waals surface area contributed by atoms with Crippen molar-refractivity contribution in [3.05, 3.63) is 17.8 Å². The SMILES string of the molecule is CC(C)(C)OC(=O)Nc1ccc(P(C)(C)=O)nc1C#N. The van der Waals surface area contributed by atoms with E-state index in [9.17, 15) is 9.36 Å². The van der Waals surface area contributed by atoms with Crippen LogP contribution in [0.5, 0.6) is 0 Å². The molecule has 1 heterocycles. The third-order valence-corrected chi connectivity index (χ3v) is 3.53. The van der Waals surface area contributed by atoms with Gasteiger partial charge in [-0.25, -0.2) is 9.78 Å². The molecule has 1 aromatic heterocycles. The summed E-state index contributed by atoms with van der Waals surface area (Å²) in [6.45, 7) is 8.35. The van der Waals surface area contributed by atoms with Gasteiger partial charge in [-0.05, 0) is 46.2 Å². The minimum absolute atomic E-state index is 0.0114. The smallest absolute Gasteiger partial charge is 0.412 e. The summed E-state index contributed by atoms with van der Waals surface area (Å²) in [4.78, 5) is 15.7. The van der Waals surface area contributed by atoms with Crippen molar-refractivity contribution in [2.45, 2.75) is 26.4 Å². The van der Waals surface area contributed by atoms with Gasteiger partial charge < -0.3 is 9.30 Å². The van der Waals surface area contributed by atoms with Crippen LogP contribution in [0.1, 0.15) is 26.5 Å². The summed E-state index contributed by atoms with van der Waals surface area (Å²) < 4.78 is 17.0. The molecule has 20 heavy (non-hydrogen) atoms. The lowest BCUT2D eigenvalue weighted by Crippen LogP contribution is -2.27. The highest BCUT2D eigenvalue weighted by molar-refractivity contribution is 7.69. The molecule has 1 aromatic rings. The van der Waals surface area contributed by atoms with Crippen LogP contribution in [0.15, 0.2) is 12.1 Å². The Labute approximate surface area is 118 Å². The molecule has 0 aliphatic rings. The van der Waals surface area contributed by atoms with Crippen molar-refractivity contribution in [1.82, 2.24) is 4.98 Å². The number of ether oxygens (including phenoxy) is 1. The van der Waals surface area contributed by atoms with E-state index in [1.54, 1.807) is 34.1 Å². The zero-order valence-corrected chi connectivity index (χ0v) is 13.1. The van der Waals surface area contributed by atoms with Crippen molar-refractivity contribution >= 4 is 24.4 Å². The van der Waals surface area contributed by atoms with Crippen molar-refractivity contribution in [1.29, 1.82) is 5.26 Å². The normalized spacial score (nSPS) is 11.6. The van der Waals surface area contributed by atoms with Crippen LogP contribution in [0.25, 0.3) is 0 Å². The molecular weight excluding hydrogens is 277 g/mol. The van der Waals surface area contributed by atoms with Crippen molar-refractivity contribution < 1.29 is 14.1 Å². The van der Waals surface area contributed by atoms with Gasteiger partial charge in [0.2, 0.25) is 0 Å². The van der Waals surface area contributed by atoms with Gasteiger partial charge in [-0.3, -0.25) is 5.32 Å². The molecule has 1 N–H and O–H groups in total. The van der Waals surface area contributed by atoms with E-state index in [1.807, 2.05) is 6.07 Å². The quantitative estimate of drug-likeness (QED) is 0.846. The van der Waals surface area contributed by atoms with Crippen LogP contribution >= 0.6 is 7.14 Å². The second-order valence-corrected chi connectivity index (χ2v) is 8.82. The molecule has 0 unspecified atom stereocenters. The summed E-state index contributed by atoms with van der Waals surface area (Å²) >= 11 is 0. The van der Waals surface area contributed by atoms with Crippen LogP contribution in [0, 0.1) is 11.3 Å². The number of amides is 1. The lowest BCUT2D eigenvalue weighted by Gasteiger charge is -2.20. The number of aromatic nitrogens is 1. The van der Waals surface area contributed by atoms with Crippen LogP contribution in [-0.2, 0) is 9.30 Å². The van der Waals surface area contributed by atoms with Crippen molar-refractivity contribution in [2.24, 2.45) is 0 Å². The van der Waals surface area contributed by atoms with E-state index in [0.29, 0.717) is 5.44 Å². The average molecular weight is 295 g/mol. The Morgan fingerprint density at radius 2 is 2.00 bits per heavy atom. The molecule has 6 nitrogen and oxygen atoms in total. The highest BCUT2D eigenvalue weighted by atomic mass is 31.2. The predicted octanol–water partition coefficient (Wildman–Crippen LogP) is 2.55. The van der Waals surface area contributed by atoms with Crippen LogP contribution < -0.4 is 10.8 Å². The summed E-state index contributed by atoms with van der Waals surface area (Å²) in [6, 6.07) is 4.91. The zero-order chi connectivity index (χ0) is 15.6. The number of anilines is 1. The van der Waals surface area contributed by atoms with Gasteiger partial charge in [-0.2, -0.15) is 5.26 Å². The summed E-state index contributed by atoms with van der Waals surface area (Å²) in [7, 11) is -2.55. The first kappa shape index (κ1) is 16.2. The van der Waals surface area contributed by atoms with Gasteiger partial charge in [0.05, 0.1) is 5.69 Å². The van der Waals surface area contributed by atoms with E-state index < -0.39 is 18.8 Å². The molecule has 1 rings (SSSR count). The van der Waals surface area contributed by atoms with Gasteiger partial charge in [-0.1, -0.05) is 0 Å². The molecule has 0 fully saturated rings. The lowest BCUT2D eigenvalue weighted by molar-refractivity contribution is 0.0636. The second-order valence-electron chi connectivity index (χ2n) is 5.66. The molecule has 0 aliphatic carbocycles. The molecule has 0 aromatic carbocycles. The van der Waals surface area contributed by atoms with Crippen molar-refractivity contribution in [3.63, 3.8) is 0 Å².